The summed E-state index contributed by atoms with van der Waals surface area (Å²) in [5, 5.41) is 8.87. The van der Waals surface area contributed by atoms with Gasteiger partial charge in [-0.25, -0.2) is 0 Å². The van der Waals surface area contributed by atoms with Crippen LogP contribution in [0.5, 0.6) is 0 Å². The van der Waals surface area contributed by atoms with Crippen LogP contribution >= 0.6 is 0 Å². The van der Waals surface area contributed by atoms with Crippen LogP contribution in [-0.4, -0.2) is 5.78 Å². The van der Waals surface area contributed by atoms with Crippen molar-refractivity contribution < 1.29 is 13.6 Å². The second-order valence-electron chi connectivity index (χ2n) is 2.99. The number of furan rings is 2. The van der Waals surface area contributed by atoms with E-state index >= 15 is 0 Å². The Morgan fingerprint density at radius 1 is 1.25 bits per heavy atom. The fourth-order valence-corrected chi connectivity index (χ4v) is 1.20. The first-order valence-electron chi connectivity index (χ1n) is 4.55. The molecule has 0 aliphatic rings. The quantitative estimate of drug-likeness (QED) is 0.446. The predicted molar refractivity (Wildman–Crippen MR) is 55.3 cm³/mol. The van der Waals surface area contributed by atoms with Crippen molar-refractivity contribution in [2.45, 2.75) is 0 Å². The third-order valence-corrected chi connectivity index (χ3v) is 1.94. The Labute approximate surface area is 91.4 Å². The molecule has 0 amide bonds. The van der Waals surface area contributed by atoms with Gasteiger partial charge in [-0.1, -0.05) is 0 Å². The summed E-state index contributed by atoms with van der Waals surface area (Å²) in [5.41, 5.74) is -0.0232. The van der Waals surface area contributed by atoms with Gasteiger partial charge >= 0.3 is 0 Å². The summed E-state index contributed by atoms with van der Waals surface area (Å²) in [6, 6.07) is 8.26. The summed E-state index contributed by atoms with van der Waals surface area (Å²) in [7, 11) is 0. The maximum atomic E-state index is 11.7. The largest absolute Gasteiger partial charge is 0.465 e. The average Bonchev–Trinajstić information content (AvgIpc) is 2.97. The fraction of sp³-hybridized carbons (Fsp3) is 0. The average molecular weight is 213 g/mol. The van der Waals surface area contributed by atoms with Gasteiger partial charge in [0.15, 0.2) is 5.76 Å². The van der Waals surface area contributed by atoms with Gasteiger partial charge in [0.1, 0.15) is 17.4 Å². The minimum Gasteiger partial charge on any atom is -0.465 e. The Bertz CT molecular complexity index is 542. The molecule has 0 spiro atoms. The van der Waals surface area contributed by atoms with Crippen LogP contribution in [0.1, 0.15) is 16.3 Å². The lowest BCUT2D eigenvalue weighted by Gasteiger charge is -1.93. The van der Waals surface area contributed by atoms with E-state index in [-0.39, 0.29) is 11.3 Å². The molecular weight excluding hydrogens is 206 g/mol. The van der Waals surface area contributed by atoms with Crippen molar-refractivity contribution in [3.05, 3.63) is 53.9 Å². The summed E-state index contributed by atoms with van der Waals surface area (Å²) in [6.07, 6.45) is 4.23. The zero-order valence-electron chi connectivity index (χ0n) is 8.21. The van der Waals surface area contributed by atoms with E-state index in [0.29, 0.717) is 5.76 Å². The number of allylic oxidation sites excluding steroid dienone is 1. The zero-order chi connectivity index (χ0) is 11.4. The van der Waals surface area contributed by atoms with Gasteiger partial charge in [0.25, 0.3) is 0 Å². The molecule has 2 aromatic rings. The van der Waals surface area contributed by atoms with Gasteiger partial charge in [0.05, 0.1) is 12.5 Å². The van der Waals surface area contributed by atoms with Crippen LogP contribution in [0.3, 0.4) is 0 Å². The third kappa shape index (κ3) is 1.93. The molecular formula is C12H7NO3. The van der Waals surface area contributed by atoms with Gasteiger partial charge in [0, 0.05) is 6.08 Å². The lowest BCUT2D eigenvalue weighted by Crippen LogP contribution is -1.99. The predicted octanol–water partition coefficient (Wildman–Crippen LogP) is 2.66. The lowest BCUT2D eigenvalue weighted by atomic mass is 10.1. The highest BCUT2D eigenvalue weighted by Gasteiger charge is 2.14. The SMILES string of the molecule is N#C/C(=C\c1ccco1)C(=O)c1ccco1. The summed E-state index contributed by atoms with van der Waals surface area (Å²) in [6.45, 7) is 0. The first-order chi connectivity index (χ1) is 7.81. The van der Waals surface area contributed by atoms with E-state index in [1.807, 2.05) is 6.07 Å². The van der Waals surface area contributed by atoms with E-state index in [1.54, 1.807) is 18.2 Å². The molecule has 78 valence electrons. The molecule has 0 N–H and O–H groups in total. The van der Waals surface area contributed by atoms with Crippen molar-refractivity contribution in [2.24, 2.45) is 0 Å². The maximum Gasteiger partial charge on any atom is 0.238 e. The summed E-state index contributed by atoms with van der Waals surface area (Å²) in [5.74, 6) is 0.139. The van der Waals surface area contributed by atoms with Crippen molar-refractivity contribution in [3.63, 3.8) is 0 Å². The highest BCUT2D eigenvalue weighted by atomic mass is 16.3. The second kappa shape index (κ2) is 4.32. The smallest absolute Gasteiger partial charge is 0.238 e. The summed E-state index contributed by atoms with van der Waals surface area (Å²) >= 11 is 0. The summed E-state index contributed by atoms with van der Waals surface area (Å²) in [4.78, 5) is 11.7. The fourth-order valence-electron chi connectivity index (χ4n) is 1.20. The number of Topliss-reactive ketones (excluding diaryl/α,β-unsaturated/α-hetero) is 1. The van der Waals surface area contributed by atoms with Gasteiger partial charge in [-0.2, -0.15) is 5.26 Å². The Balaban J connectivity index is 2.32. The van der Waals surface area contributed by atoms with E-state index in [4.69, 9.17) is 14.1 Å². The third-order valence-electron chi connectivity index (χ3n) is 1.94. The number of hydrogen-bond acceptors (Lipinski definition) is 4. The van der Waals surface area contributed by atoms with E-state index < -0.39 is 5.78 Å². The van der Waals surface area contributed by atoms with Crippen molar-refractivity contribution in [1.82, 2.24) is 0 Å². The minimum atomic E-state index is -0.455. The molecule has 0 radical (unpaired) electrons. The number of hydrogen-bond donors (Lipinski definition) is 0. The zero-order valence-corrected chi connectivity index (χ0v) is 8.21. The van der Waals surface area contributed by atoms with Crippen LogP contribution in [0.4, 0.5) is 0 Å². The van der Waals surface area contributed by atoms with E-state index in [1.165, 1.54) is 24.7 Å². The normalized spacial score (nSPS) is 11.1. The molecule has 0 saturated carbocycles. The van der Waals surface area contributed by atoms with Gasteiger partial charge in [-0.05, 0) is 24.3 Å². The van der Waals surface area contributed by atoms with Crippen molar-refractivity contribution >= 4 is 11.9 Å². The maximum absolute atomic E-state index is 11.7. The summed E-state index contributed by atoms with van der Waals surface area (Å²) < 4.78 is 9.95. The lowest BCUT2D eigenvalue weighted by molar-refractivity contribution is 0.101. The molecule has 2 rings (SSSR count). The molecule has 16 heavy (non-hydrogen) atoms. The van der Waals surface area contributed by atoms with E-state index in [0.717, 1.165) is 0 Å². The molecule has 0 aliphatic heterocycles. The molecule has 4 nitrogen and oxygen atoms in total. The number of nitriles is 1. The van der Waals surface area contributed by atoms with Crippen LogP contribution < -0.4 is 0 Å². The van der Waals surface area contributed by atoms with Crippen molar-refractivity contribution in [2.75, 3.05) is 0 Å². The Kier molecular flexibility index (Phi) is 2.70. The standard InChI is InChI=1S/C12H7NO3/c13-8-9(7-10-3-1-5-15-10)12(14)11-4-2-6-16-11/h1-7H/b9-7+. The highest BCUT2D eigenvalue weighted by molar-refractivity contribution is 6.12. The molecule has 2 aromatic heterocycles. The van der Waals surface area contributed by atoms with E-state index in [2.05, 4.69) is 0 Å². The number of carbonyl (C=O) groups is 1. The number of carbonyl (C=O) groups excluding carboxylic acids is 1. The van der Waals surface area contributed by atoms with Crippen LogP contribution in [0.15, 0.2) is 51.2 Å². The van der Waals surface area contributed by atoms with Crippen LogP contribution in [-0.2, 0) is 0 Å². The molecule has 0 aromatic carbocycles. The minimum absolute atomic E-state index is 0.0232. The van der Waals surface area contributed by atoms with E-state index in [9.17, 15) is 4.79 Å². The van der Waals surface area contributed by atoms with Crippen molar-refractivity contribution in [1.29, 1.82) is 5.26 Å². The molecule has 0 saturated heterocycles. The van der Waals surface area contributed by atoms with Crippen LogP contribution in [0.25, 0.3) is 6.08 Å². The highest BCUT2D eigenvalue weighted by Crippen LogP contribution is 2.13. The van der Waals surface area contributed by atoms with Gasteiger partial charge in [0.2, 0.25) is 5.78 Å². The van der Waals surface area contributed by atoms with Crippen LogP contribution in [0, 0.1) is 11.3 Å². The Morgan fingerprint density at radius 2 is 2.00 bits per heavy atom. The molecule has 0 atom stereocenters. The molecule has 0 fully saturated rings. The Morgan fingerprint density at radius 3 is 2.56 bits per heavy atom. The number of ketones is 1. The second-order valence-corrected chi connectivity index (χ2v) is 2.99. The number of nitrogens with zero attached hydrogens (tertiary/aromatic N) is 1. The molecule has 2 heterocycles. The first kappa shape index (κ1) is 9.99. The van der Waals surface area contributed by atoms with Gasteiger partial charge in [-0.3, -0.25) is 4.79 Å². The Hall–Kier alpha value is -2.54. The first-order valence-corrected chi connectivity index (χ1v) is 4.55. The topological polar surface area (TPSA) is 67.1 Å². The molecule has 0 bridgehead atoms. The molecule has 0 aliphatic carbocycles. The van der Waals surface area contributed by atoms with Crippen LogP contribution in [0.2, 0.25) is 0 Å². The molecule has 0 unspecified atom stereocenters. The van der Waals surface area contributed by atoms with Gasteiger partial charge < -0.3 is 8.83 Å². The molecule has 4 heteroatoms. The van der Waals surface area contributed by atoms with Gasteiger partial charge in [-0.15, -0.1) is 0 Å². The number of rotatable bonds is 3. The van der Waals surface area contributed by atoms with Crippen molar-refractivity contribution in [3.8, 4) is 6.07 Å². The monoisotopic (exact) mass is 213 g/mol.